The number of para-hydroxylation sites is 2. The van der Waals surface area contributed by atoms with Crippen LogP contribution in [-0.4, -0.2) is 28.1 Å². The van der Waals surface area contributed by atoms with Crippen molar-refractivity contribution in [1.82, 2.24) is 4.90 Å². The number of amides is 3. The highest BCUT2D eigenvalue weighted by Crippen LogP contribution is 2.59. The Kier molecular flexibility index (Phi) is 5.16. The first-order valence-electron chi connectivity index (χ1n) is 10.8. The van der Waals surface area contributed by atoms with E-state index in [1.807, 2.05) is 68.4 Å². The lowest BCUT2D eigenvalue weighted by atomic mass is 10.1. The molecule has 0 aromatic heterocycles. The van der Waals surface area contributed by atoms with Crippen molar-refractivity contribution < 1.29 is 14.0 Å². The van der Waals surface area contributed by atoms with E-state index in [9.17, 15) is 14.0 Å². The predicted molar refractivity (Wildman–Crippen MR) is 130 cm³/mol. The van der Waals surface area contributed by atoms with Crippen LogP contribution in [0.1, 0.15) is 25.0 Å². The zero-order valence-electron chi connectivity index (χ0n) is 18.4. The van der Waals surface area contributed by atoms with Gasteiger partial charge < -0.3 is 10.2 Å². The SMILES string of the molecule is CC1(C)CN(C(=O)Nc2ccccc2)[C@]2(S1)C(=O)N(Cc1ccc(F)cc1)c1ccccc12. The zero-order valence-corrected chi connectivity index (χ0v) is 19.2. The molecular weight excluding hydrogens is 437 g/mol. The van der Waals surface area contributed by atoms with Gasteiger partial charge in [-0.1, -0.05) is 48.5 Å². The molecule has 3 amide bonds. The van der Waals surface area contributed by atoms with Crippen molar-refractivity contribution in [3.63, 3.8) is 0 Å². The summed E-state index contributed by atoms with van der Waals surface area (Å²) in [6.45, 7) is 4.81. The second-order valence-electron chi connectivity index (χ2n) is 8.92. The minimum atomic E-state index is -1.17. The lowest BCUT2D eigenvalue weighted by Gasteiger charge is -2.33. The third kappa shape index (κ3) is 3.66. The number of anilines is 2. The zero-order chi connectivity index (χ0) is 23.2. The van der Waals surface area contributed by atoms with Gasteiger partial charge in [-0.2, -0.15) is 0 Å². The van der Waals surface area contributed by atoms with Gasteiger partial charge in [0.05, 0.1) is 12.2 Å². The number of fused-ring (bicyclic) bond motifs is 2. The van der Waals surface area contributed by atoms with Crippen LogP contribution in [0, 0.1) is 5.82 Å². The lowest BCUT2D eigenvalue weighted by Crippen LogP contribution is -2.51. The van der Waals surface area contributed by atoms with Crippen LogP contribution >= 0.6 is 11.8 Å². The van der Waals surface area contributed by atoms with E-state index in [2.05, 4.69) is 5.32 Å². The van der Waals surface area contributed by atoms with Gasteiger partial charge in [0.25, 0.3) is 5.91 Å². The molecule has 33 heavy (non-hydrogen) atoms. The number of urea groups is 1. The fourth-order valence-corrected chi connectivity index (χ4v) is 6.33. The number of hydrogen-bond donors (Lipinski definition) is 1. The Morgan fingerprint density at radius 2 is 1.67 bits per heavy atom. The van der Waals surface area contributed by atoms with Crippen molar-refractivity contribution in [1.29, 1.82) is 0 Å². The van der Waals surface area contributed by atoms with Crippen molar-refractivity contribution in [2.75, 3.05) is 16.8 Å². The third-order valence-electron chi connectivity index (χ3n) is 5.96. The minimum Gasteiger partial charge on any atom is -0.308 e. The fourth-order valence-electron chi connectivity index (χ4n) is 4.60. The second-order valence-corrected chi connectivity index (χ2v) is 10.8. The maximum atomic E-state index is 14.1. The van der Waals surface area contributed by atoms with E-state index in [4.69, 9.17) is 0 Å². The maximum Gasteiger partial charge on any atom is 0.323 e. The molecule has 2 aliphatic heterocycles. The van der Waals surface area contributed by atoms with Gasteiger partial charge >= 0.3 is 6.03 Å². The highest BCUT2D eigenvalue weighted by atomic mass is 32.2. The molecule has 0 radical (unpaired) electrons. The molecule has 3 aromatic carbocycles. The average molecular weight is 462 g/mol. The molecule has 0 bridgehead atoms. The van der Waals surface area contributed by atoms with Crippen LogP contribution in [0.3, 0.4) is 0 Å². The number of rotatable bonds is 3. The van der Waals surface area contributed by atoms with E-state index >= 15 is 0 Å². The summed E-state index contributed by atoms with van der Waals surface area (Å²) in [7, 11) is 0. The number of thioether (sulfide) groups is 1. The Bertz CT molecular complexity index is 1220. The predicted octanol–water partition coefficient (Wildman–Crippen LogP) is 5.58. The van der Waals surface area contributed by atoms with E-state index in [1.165, 1.54) is 23.9 Å². The minimum absolute atomic E-state index is 0.160. The van der Waals surface area contributed by atoms with Crippen LogP contribution in [0.2, 0.25) is 0 Å². The molecule has 1 atom stereocenters. The molecule has 7 heteroatoms. The maximum absolute atomic E-state index is 14.1. The topological polar surface area (TPSA) is 52.7 Å². The van der Waals surface area contributed by atoms with Gasteiger partial charge in [-0.15, -0.1) is 11.8 Å². The van der Waals surface area contributed by atoms with Crippen LogP contribution in [0.4, 0.5) is 20.6 Å². The summed E-state index contributed by atoms with van der Waals surface area (Å²) in [6.07, 6.45) is 0. The molecule has 0 saturated carbocycles. The molecule has 5 nitrogen and oxygen atoms in total. The van der Waals surface area contributed by atoms with Gasteiger partial charge in [0, 0.05) is 22.5 Å². The molecule has 2 heterocycles. The molecule has 2 aliphatic rings. The largest absolute Gasteiger partial charge is 0.323 e. The number of nitrogens with one attached hydrogen (secondary N) is 1. The highest BCUT2D eigenvalue weighted by molar-refractivity contribution is 8.02. The molecule has 3 aromatic rings. The van der Waals surface area contributed by atoms with Crippen molar-refractivity contribution in [3.05, 3.63) is 95.8 Å². The van der Waals surface area contributed by atoms with Crippen LogP contribution in [0.25, 0.3) is 0 Å². The third-order valence-corrected chi connectivity index (χ3v) is 7.55. The van der Waals surface area contributed by atoms with Crippen molar-refractivity contribution in [3.8, 4) is 0 Å². The van der Waals surface area contributed by atoms with E-state index in [0.717, 1.165) is 16.8 Å². The Balaban J connectivity index is 1.56. The van der Waals surface area contributed by atoms with Gasteiger partial charge in [-0.05, 0) is 49.7 Å². The summed E-state index contributed by atoms with van der Waals surface area (Å²) in [5.41, 5.74) is 3.07. The Morgan fingerprint density at radius 3 is 2.39 bits per heavy atom. The molecule has 0 unspecified atom stereocenters. The summed E-state index contributed by atoms with van der Waals surface area (Å²) in [5, 5.41) is 2.96. The van der Waals surface area contributed by atoms with Gasteiger partial charge in [0.15, 0.2) is 4.87 Å². The van der Waals surface area contributed by atoms with Gasteiger partial charge in [-0.25, -0.2) is 9.18 Å². The highest BCUT2D eigenvalue weighted by Gasteiger charge is 2.63. The molecule has 1 saturated heterocycles. The Morgan fingerprint density at radius 1 is 1.00 bits per heavy atom. The number of carbonyl (C=O) groups is 2. The number of benzene rings is 3. The van der Waals surface area contributed by atoms with Crippen molar-refractivity contribution >= 4 is 35.1 Å². The molecule has 168 valence electrons. The summed E-state index contributed by atoms with van der Waals surface area (Å²) in [5.74, 6) is -0.480. The lowest BCUT2D eigenvalue weighted by molar-refractivity contribution is -0.123. The number of halogens is 1. The summed E-state index contributed by atoms with van der Waals surface area (Å²) >= 11 is 1.51. The smallest absolute Gasteiger partial charge is 0.308 e. The van der Waals surface area contributed by atoms with E-state index in [-0.39, 0.29) is 22.5 Å². The Hall–Kier alpha value is -3.32. The van der Waals surface area contributed by atoms with E-state index < -0.39 is 4.87 Å². The van der Waals surface area contributed by atoms with E-state index in [0.29, 0.717) is 18.8 Å². The first kappa shape index (κ1) is 21.5. The first-order valence-corrected chi connectivity index (χ1v) is 11.6. The van der Waals surface area contributed by atoms with Crippen molar-refractivity contribution in [2.24, 2.45) is 0 Å². The number of nitrogens with zero attached hydrogens (tertiary/aromatic N) is 2. The van der Waals surface area contributed by atoms with Crippen LogP contribution < -0.4 is 10.2 Å². The molecule has 1 N–H and O–H groups in total. The summed E-state index contributed by atoms with van der Waals surface area (Å²) in [6, 6.07) is 22.7. The van der Waals surface area contributed by atoms with Gasteiger partial charge in [0.2, 0.25) is 0 Å². The average Bonchev–Trinajstić information content (AvgIpc) is 3.22. The molecule has 1 fully saturated rings. The molecule has 0 aliphatic carbocycles. The van der Waals surface area contributed by atoms with E-state index in [1.54, 1.807) is 21.9 Å². The number of carbonyl (C=O) groups excluding carboxylic acids is 2. The Labute approximate surface area is 196 Å². The summed E-state index contributed by atoms with van der Waals surface area (Å²) < 4.78 is 13.1. The fraction of sp³-hybridized carbons (Fsp3) is 0.231. The monoisotopic (exact) mass is 461 g/mol. The molecular formula is C26H24FN3O2S. The van der Waals surface area contributed by atoms with Crippen molar-refractivity contribution in [2.45, 2.75) is 30.0 Å². The van der Waals surface area contributed by atoms with Gasteiger partial charge in [-0.3, -0.25) is 9.69 Å². The van der Waals surface area contributed by atoms with Gasteiger partial charge in [0.1, 0.15) is 5.82 Å². The quantitative estimate of drug-likeness (QED) is 0.554. The summed E-state index contributed by atoms with van der Waals surface area (Å²) in [4.78, 5) is 29.8. The van der Waals surface area contributed by atoms with Crippen LogP contribution in [0.5, 0.6) is 0 Å². The number of hydrogen-bond acceptors (Lipinski definition) is 3. The standard InChI is InChI=1S/C26H24FN3O2S/c1-25(2)17-30(24(32)28-20-8-4-3-5-9-20)26(33-25)21-10-6-7-11-22(21)29(23(26)31)16-18-12-14-19(27)15-13-18/h3-15H,16-17H2,1-2H3,(H,28,32)/t26-/m1/s1. The van der Waals surface area contributed by atoms with Crippen LogP contribution in [-0.2, 0) is 16.2 Å². The molecule has 5 rings (SSSR count). The normalized spacial score (nSPS) is 20.9. The second kappa shape index (κ2) is 7.92. The van der Waals surface area contributed by atoms with Crippen LogP contribution in [0.15, 0.2) is 78.9 Å². The first-order chi connectivity index (χ1) is 15.8. The molecule has 1 spiro atoms.